The number of likely N-dealkylation sites (tertiary alicyclic amines) is 2. The van der Waals surface area contributed by atoms with Gasteiger partial charge in [0, 0.05) is 25.2 Å². The van der Waals surface area contributed by atoms with Gasteiger partial charge in [-0.2, -0.15) is 0 Å². The maximum atomic E-state index is 13.3. The van der Waals surface area contributed by atoms with E-state index in [0.29, 0.717) is 38.0 Å². The van der Waals surface area contributed by atoms with Crippen molar-refractivity contribution in [2.75, 3.05) is 13.1 Å². The minimum absolute atomic E-state index is 0.103. The first-order valence-electron chi connectivity index (χ1n) is 10.6. The van der Waals surface area contributed by atoms with E-state index in [2.05, 4.69) is 5.32 Å². The zero-order chi connectivity index (χ0) is 20.9. The van der Waals surface area contributed by atoms with E-state index in [-0.39, 0.29) is 17.7 Å². The number of carbonyl (C=O) groups excluding carboxylic acids is 3. The summed E-state index contributed by atoms with van der Waals surface area (Å²) in [5, 5.41) is 2.96. The Morgan fingerprint density at radius 2 is 1.40 bits per heavy atom. The van der Waals surface area contributed by atoms with Gasteiger partial charge in [-0.15, -0.1) is 0 Å². The summed E-state index contributed by atoms with van der Waals surface area (Å²) in [6.45, 7) is 1.58. The summed E-state index contributed by atoms with van der Waals surface area (Å²) in [5.41, 5.74) is 1.62. The van der Waals surface area contributed by atoms with Crippen LogP contribution < -0.4 is 5.32 Å². The highest BCUT2D eigenvalue weighted by molar-refractivity contribution is 5.99. The summed E-state index contributed by atoms with van der Waals surface area (Å²) >= 11 is 0. The van der Waals surface area contributed by atoms with Gasteiger partial charge in [0.25, 0.3) is 5.91 Å². The Bertz CT molecular complexity index is 900. The van der Waals surface area contributed by atoms with Crippen LogP contribution >= 0.6 is 0 Å². The molecule has 0 bridgehead atoms. The number of benzene rings is 2. The van der Waals surface area contributed by atoms with Gasteiger partial charge in [-0.05, 0) is 43.4 Å². The highest BCUT2D eigenvalue weighted by Crippen LogP contribution is 2.26. The fourth-order valence-corrected chi connectivity index (χ4v) is 4.41. The third-order valence-electron chi connectivity index (χ3n) is 5.97. The largest absolute Gasteiger partial charge is 0.350 e. The molecule has 156 valence electrons. The molecule has 2 saturated heterocycles. The number of nitrogens with one attached hydrogen (secondary N) is 1. The molecule has 6 heteroatoms. The molecule has 2 heterocycles. The third kappa shape index (κ3) is 4.22. The molecule has 0 spiro atoms. The summed E-state index contributed by atoms with van der Waals surface area (Å²) in [4.78, 5) is 42.4. The minimum Gasteiger partial charge on any atom is -0.350 e. The monoisotopic (exact) mass is 405 g/mol. The van der Waals surface area contributed by atoms with Crippen LogP contribution in [0.15, 0.2) is 60.7 Å². The second-order valence-electron chi connectivity index (χ2n) is 7.92. The predicted molar refractivity (Wildman–Crippen MR) is 114 cm³/mol. The lowest BCUT2D eigenvalue weighted by Gasteiger charge is -2.31. The van der Waals surface area contributed by atoms with Crippen molar-refractivity contribution in [2.24, 2.45) is 0 Å². The molecule has 0 aromatic heterocycles. The molecule has 2 atom stereocenters. The smallest absolute Gasteiger partial charge is 0.254 e. The molecule has 1 N–H and O–H groups in total. The van der Waals surface area contributed by atoms with Gasteiger partial charge in [0.1, 0.15) is 12.1 Å². The zero-order valence-electron chi connectivity index (χ0n) is 17.0. The van der Waals surface area contributed by atoms with Crippen molar-refractivity contribution in [3.05, 3.63) is 71.8 Å². The topological polar surface area (TPSA) is 69.7 Å². The quantitative estimate of drug-likeness (QED) is 0.831. The van der Waals surface area contributed by atoms with E-state index < -0.39 is 12.1 Å². The van der Waals surface area contributed by atoms with Gasteiger partial charge in [-0.3, -0.25) is 14.4 Å². The minimum atomic E-state index is -0.486. The average molecular weight is 405 g/mol. The Morgan fingerprint density at radius 3 is 2.10 bits per heavy atom. The first kappa shape index (κ1) is 20.1. The molecule has 0 aliphatic carbocycles. The number of carbonyl (C=O) groups is 3. The number of nitrogens with zero attached hydrogens (tertiary/aromatic N) is 2. The van der Waals surface area contributed by atoms with Crippen LogP contribution in [0.3, 0.4) is 0 Å². The van der Waals surface area contributed by atoms with E-state index in [1.165, 1.54) is 0 Å². The molecule has 2 fully saturated rings. The first-order chi connectivity index (χ1) is 14.6. The predicted octanol–water partition coefficient (Wildman–Crippen LogP) is 2.60. The van der Waals surface area contributed by atoms with Gasteiger partial charge in [-0.25, -0.2) is 0 Å². The van der Waals surface area contributed by atoms with Crippen molar-refractivity contribution in [1.82, 2.24) is 15.1 Å². The molecule has 2 aromatic rings. The van der Waals surface area contributed by atoms with Crippen molar-refractivity contribution >= 4 is 17.7 Å². The molecule has 2 aliphatic heterocycles. The van der Waals surface area contributed by atoms with E-state index in [9.17, 15) is 14.4 Å². The zero-order valence-corrected chi connectivity index (χ0v) is 17.0. The van der Waals surface area contributed by atoms with Gasteiger partial charge >= 0.3 is 0 Å². The Morgan fingerprint density at radius 1 is 0.800 bits per heavy atom. The van der Waals surface area contributed by atoms with Crippen LogP contribution in [0.1, 0.15) is 41.6 Å². The van der Waals surface area contributed by atoms with Gasteiger partial charge in [-0.1, -0.05) is 48.5 Å². The summed E-state index contributed by atoms with van der Waals surface area (Å²) in [5.74, 6) is -0.339. The van der Waals surface area contributed by atoms with Crippen LogP contribution in [0.4, 0.5) is 0 Å². The summed E-state index contributed by atoms with van der Waals surface area (Å²) < 4.78 is 0. The van der Waals surface area contributed by atoms with Gasteiger partial charge in [0.05, 0.1) is 0 Å². The van der Waals surface area contributed by atoms with Gasteiger partial charge < -0.3 is 15.1 Å². The number of hydrogen-bond acceptors (Lipinski definition) is 3. The molecule has 30 heavy (non-hydrogen) atoms. The molecule has 6 nitrogen and oxygen atoms in total. The number of amides is 3. The Balaban J connectivity index is 1.42. The van der Waals surface area contributed by atoms with Crippen molar-refractivity contribution in [3.8, 4) is 0 Å². The second kappa shape index (κ2) is 9.11. The lowest BCUT2D eigenvalue weighted by atomic mass is 10.1. The Kier molecular flexibility index (Phi) is 6.12. The second-order valence-corrected chi connectivity index (χ2v) is 7.92. The van der Waals surface area contributed by atoms with Crippen molar-refractivity contribution in [2.45, 2.75) is 44.3 Å². The fraction of sp³-hybridized carbons (Fsp3) is 0.375. The molecule has 2 aliphatic rings. The fourth-order valence-electron chi connectivity index (χ4n) is 4.41. The molecule has 2 aromatic carbocycles. The first-order valence-corrected chi connectivity index (χ1v) is 10.6. The average Bonchev–Trinajstić information content (AvgIpc) is 3.48. The van der Waals surface area contributed by atoms with Crippen LogP contribution in [0.2, 0.25) is 0 Å². The third-order valence-corrected chi connectivity index (χ3v) is 5.97. The number of rotatable bonds is 5. The van der Waals surface area contributed by atoms with Crippen LogP contribution in [0.5, 0.6) is 0 Å². The van der Waals surface area contributed by atoms with E-state index in [1.54, 1.807) is 21.9 Å². The lowest BCUT2D eigenvalue weighted by Crippen LogP contribution is -2.52. The van der Waals surface area contributed by atoms with Crippen molar-refractivity contribution in [1.29, 1.82) is 0 Å². The SMILES string of the molecule is O=C(NCc1ccccc1)[C@@H]1CCCN1C(=O)[C@H]1CCCN1C(=O)c1ccccc1. The standard InChI is InChI=1S/C24H27N3O3/c28-22(25-17-18-9-3-1-4-10-18)20-13-7-15-26(20)24(30)21-14-8-16-27(21)23(29)19-11-5-2-6-12-19/h1-6,9-12,20-21H,7-8,13-17H2,(H,25,28)/t20-,21+/m0/s1. The van der Waals surface area contributed by atoms with Gasteiger partial charge in [0.2, 0.25) is 11.8 Å². The molecular weight excluding hydrogens is 378 g/mol. The van der Waals surface area contributed by atoms with Crippen molar-refractivity contribution in [3.63, 3.8) is 0 Å². The Labute approximate surface area is 176 Å². The molecular formula is C24H27N3O3. The maximum Gasteiger partial charge on any atom is 0.254 e. The molecule has 4 rings (SSSR count). The highest BCUT2D eigenvalue weighted by Gasteiger charge is 2.42. The van der Waals surface area contributed by atoms with Gasteiger partial charge in [0.15, 0.2) is 0 Å². The summed E-state index contributed by atoms with van der Waals surface area (Å²) in [6.07, 6.45) is 2.90. The van der Waals surface area contributed by atoms with Crippen LogP contribution in [0, 0.1) is 0 Å². The van der Waals surface area contributed by atoms with Crippen molar-refractivity contribution < 1.29 is 14.4 Å². The van der Waals surface area contributed by atoms with Crippen LogP contribution in [-0.4, -0.2) is 52.7 Å². The molecule has 0 saturated carbocycles. The molecule has 3 amide bonds. The normalized spacial score (nSPS) is 20.9. The van der Waals surface area contributed by atoms with E-state index in [0.717, 1.165) is 18.4 Å². The maximum absolute atomic E-state index is 13.3. The molecule has 0 radical (unpaired) electrons. The van der Waals surface area contributed by atoms with E-state index >= 15 is 0 Å². The number of hydrogen-bond donors (Lipinski definition) is 1. The Hall–Kier alpha value is -3.15. The van der Waals surface area contributed by atoms with Crippen LogP contribution in [0.25, 0.3) is 0 Å². The van der Waals surface area contributed by atoms with Crippen LogP contribution in [-0.2, 0) is 16.1 Å². The summed E-state index contributed by atoms with van der Waals surface area (Å²) in [6, 6.07) is 17.9. The van der Waals surface area contributed by atoms with E-state index in [4.69, 9.17) is 0 Å². The molecule has 0 unspecified atom stereocenters. The van der Waals surface area contributed by atoms with E-state index in [1.807, 2.05) is 48.5 Å². The summed E-state index contributed by atoms with van der Waals surface area (Å²) in [7, 11) is 0. The lowest BCUT2D eigenvalue weighted by molar-refractivity contribution is -0.141. The highest BCUT2D eigenvalue weighted by atomic mass is 16.2.